The molecule has 0 radical (unpaired) electrons. The van der Waals surface area contributed by atoms with E-state index in [-0.39, 0.29) is 5.97 Å². The molecule has 0 aromatic heterocycles. The van der Waals surface area contributed by atoms with Crippen molar-refractivity contribution in [1.82, 2.24) is 0 Å². The van der Waals surface area contributed by atoms with Gasteiger partial charge in [-0.2, -0.15) is 0 Å². The van der Waals surface area contributed by atoms with Gasteiger partial charge in [-0.25, -0.2) is 4.79 Å². The van der Waals surface area contributed by atoms with E-state index in [1.165, 1.54) is 7.11 Å². The lowest BCUT2D eigenvalue weighted by atomic mass is 9.94. The Bertz CT molecular complexity index is 792. The fourth-order valence-corrected chi connectivity index (χ4v) is 2.54. The van der Waals surface area contributed by atoms with Crippen molar-refractivity contribution in [3.8, 4) is 22.3 Å². The van der Waals surface area contributed by atoms with Crippen LogP contribution in [0.1, 0.15) is 10.4 Å². The lowest BCUT2D eigenvalue weighted by molar-refractivity contribution is 0.0601. The third-order valence-corrected chi connectivity index (χ3v) is 3.61. The van der Waals surface area contributed by atoms with Crippen molar-refractivity contribution in [2.24, 2.45) is 0 Å². The highest BCUT2D eigenvalue weighted by atomic mass is 16.5. The standard InChI is InChI=1S/C20H16O2/c1-22-20(21)17-11-7-10-16(14-17)19-13-6-5-12-18(19)15-8-3-2-4-9-15/h2-14H,1H3. The first-order valence-electron chi connectivity index (χ1n) is 7.13. The van der Waals surface area contributed by atoms with Gasteiger partial charge in [-0.15, -0.1) is 0 Å². The van der Waals surface area contributed by atoms with Gasteiger partial charge >= 0.3 is 5.97 Å². The topological polar surface area (TPSA) is 26.3 Å². The minimum absolute atomic E-state index is 0.320. The molecule has 0 N–H and O–H groups in total. The molecule has 0 heterocycles. The molecule has 0 spiro atoms. The number of ether oxygens (including phenoxy) is 1. The first kappa shape index (κ1) is 14.1. The molecule has 2 heteroatoms. The van der Waals surface area contributed by atoms with Crippen molar-refractivity contribution in [3.63, 3.8) is 0 Å². The molecular weight excluding hydrogens is 272 g/mol. The van der Waals surface area contributed by atoms with Crippen molar-refractivity contribution in [2.45, 2.75) is 0 Å². The zero-order chi connectivity index (χ0) is 15.4. The van der Waals surface area contributed by atoms with Crippen LogP contribution < -0.4 is 0 Å². The normalized spacial score (nSPS) is 10.2. The Morgan fingerprint density at radius 2 is 1.32 bits per heavy atom. The smallest absolute Gasteiger partial charge is 0.337 e. The Morgan fingerprint density at radius 1 is 0.727 bits per heavy atom. The zero-order valence-corrected chi connectivity index (χ0v) is 12.3. The van der Waals surface area contributed by atoms with Gasteiger partial charge in [0, 0.05) is 0 Å². The van der Waals surface area contributed by atoms with Crippen molar-refractivity contribution in [3.05, 3.63) is 84.4 Å². The average molecular weight is 288 g/mol. The SMILES string of the molecule is COC(=O)c1cccc(-c2ccccc2-c2ccccc2)c1. The highest BCUT2D eigenvalue weighted by Crippen LogP contribution is 2.32. The van der Waals surface area contributed by atoms with Gasteiger partial charge in [0.15, 0.2) is 0 Å². The Morgan fingerprint density at radius 3 is 2.00 bits per heavy atom. The van der Waals surface area contributed by atoms with Crippen LogP contribution in [-0.4, -0.2) is 13.1 Å². The molecule has 0 unspecified atom stereocenters. The molecule has 3 aromatic rings. The van der Waals surface area contributed by atoms with E-state index < -0.39 is 0 Å². The molecule has 0 aliphatic rings. The summed E-state index contributed by atoms with van der Waals surface area (Å²) < 4.78 is 4.80. The number of methoxy groups -OCH3 is 1. The predicted octanol–water partition coefficient (Wildman–Crippen LogP) is 4.81. The van der Waals surface area contributed by atoms with E-state index in [2.05, 4.69) is 24.3 Å². The number of esters is 1. The van der Waals surface area contributed by atoms with Crippen molar-refractivity contribution >= 4 is 5.97 Å². The highest BCUT2D eigenvalue weighted by Gasteiger charge is 2.10. The third kappa shape index (κ3) is 2.77. The van der Waals surface area contributed by atoms with E-state index >= 15 is 0 Å². The predicted molar refractivity (Wildman–Crippen MR) is 88.7 cm³/mol. The van der Waals surface area contributed by atoms with Crippen LogP contribution in [0.25, 0.3) is 22.3 Å². The Labute approximate surface area is 130 Å². The molecule has 3 rings (SSSR count). The first-order valence-corrected chi connectivity index (χ1v) is 7.13. The Balaban J connectivity index is 2.12. The van der Waals surface area contributed by atoms with Crippen molar-refractivity contribution < 1.29 is 9.53 Å². The minimum atomic E-state index is -0.320. The van der Waals surface area contributed by atoms with Gasteiger partial charge in [0.1, 0.15) is 0 Å². The van der Waals surface area contributed by atoms with Crippen LogP contribution >= 0.6 is 0 Å². The molecule has 3 aromatic carbocycles. The molecule has 0 atom stereocenters. The van der Waals surface area contributed by atoms with Gasteiger partial charge in [0.25, 0.3) is 0 Å². The highest BCUT2D eigenvalue weighted by molar-refractivity contribution is 5.92. The third-order valence-electron chi connectivity index (χ3n) is 3.61. The van der Waals surface area contributed by atoms with Crippen LogP contribution in [0, 0.1) is 0 Å². The maximum atomic E-state index is 11.7. The van der Waals surface area contributed by atoms with Crippen molar-refractivity contribution in [1.29, 1.82) is 0 Å². The summed E-state index contributed by atoms with van der Waals surface area (Å²) in [6, 6.07) is 25.9. The zero-order valence-electron chi connectivity index (χ0n) is 12.3. The number of rotatable bonds is 3. The van der Waals surface area contributed by atoms with Crippen LogP contribution in [0.2, 0.25) is 0 Å². The van der Waals surface area contributed by atoms with Gasteiger partial charge < -0.3 is 4.74 Å². The monoisotopic (exact) mass is 288 g/mol. The molecule has 0 saturated carbocycles. The lowest BCUT2D eigenvalue weighted by Crippen LogP contribution is -2.00. The second-order valence-corrected chi connectivity index (χ2v) is 4.98. The molecule has 0 saturated heterocycles. The van der Waals surface area contributed by atoms with Crippen LogP contribution in [0.4, 0.5) is 0 Å². The van der Waals surface area contributed by atoms with E-state index in [1.807, 2.05) is 48.5 Å². The maximum Gasteiger partial charge on any atom is 0.337 e. The second-order valence-electron chi connectivity index (χ2n) is 4.98. The molecule has 0 aliphatic heterocycles. The van der Waals surface area contributed by atoms with Gasteiger partial charge in [-0.1, -0.05) is 66.7 Å². The molecule has 108 valence electrons. The van der Waals surface area contributed by atoms with Crippen LogP contribution in [0.5, 0.6) is 0 Å². The molecule has 0 bridgehead atoms. The summed E-state index contributed by atoms with van der Waals surface area (Å²) in [5, 5.41) is 0. The number of carbonyl (C=O) groups excluding carboxylic acids is 1. The van der Waals surface area contributed by atoms with Crippen LogP contribution in [0.15, 0.2) is 78.9 Å². The maximum absolute atomic E-state index is 11.7. The van der Waals surface area contributed by atoms with E-state index in [4.69, 9.17) is 4.74 Å². The van der Waals surface area contributed by atoms with Gasteiger partial charge in [0.2, 0.25) is 0 Å². The van der Waals surface area contributed by atoms with Gasteiger partial charge in [0.05, 0.1) is 12.7 Å². The van der Waals surface area contributed by atoms with E-state index in [0.717, 1.165) is 22.3 Å². The fraction of sp³-hybridized carbons (Fsp3) is 0.0500. The number of hydrogen-bond acceptors (Lipinski definition) is 2. The number of carbonyl (C=O) groups is 1. The fourth-order valence-electron chi connectivity index (χ4n) is 2.54. The summed E-state index contributed by atoms with van der Waals surface area (Å²) in [5.74, 6) is -0.320. The van der Waals surface area contributed by atoms with Gasteiger partial charge in [-0.3, -0.25) is 0 Å². The minimum Gasteiger partial charge on any atom is -0.465 e. The van der Waals surface area contributed by atoms with Crippen LogP contribution in [-0.2, 0) is 4.74 Å². The number of benzene rings is 3. The quantitative estimate of drug-likeness (QED) is 0.647. The summed E-state index contributed by atoms with van der Waals surface area (Å²) in [6.07, 6.45) is 0. The molecule has 0 aliphatic carbocycles. The largest absolute Gasteiger partial charge is 0.465 e. The van der Waals surface area contributed by atoms with E-state index in [0.29, 0.717) is 5.56 Å². The van der Waals surface area contributed by atoms with Crippen molar-refractivity contribution in [2.75, 3.05) is 7.11 Å². The Kier molecular flexibility index (Phi) is 4.01. The van der Waals surface area contributed by atoms with Crippen LogP contribution in [0.3, 0.4) is 0 Å². The summed E-state index contributed by atoms with van der Waals surface area (Å²) in [6.45, 7) is 0. The number of hydrogen-bond donors (Lipinski definition) is 0. The van der Waals surface area contributed by atoms with E-state index in [1.54, 1.807) is 6.07 Å². The molecule has 0 fully saturated rings. The molecule has 22 heavy (non-hydrogen) atoms. The molecular formula is C20H16O2. The van der Waals surface area contributed by atoms with Gasteiger partial charge in [-0.05, 0) is 34.4 Å². The summed E-state index contributed by atoms with van der Waals surface area (Å²) in [7, 11) is 1.40. The molecule has 2 nitrogen and oxygen atoms in total. The Hall–Kier alpha value is -2.87. The van der Waals surface area contributed by atoms with E-state index in [9.17, 15) is 4.79 Å². The summed E-state index contributed by atoms with van der Waals surface area (Å²) in [5.41, 5.74) is 4.95. The lowest BCUT2D eigenvalue weighted by Gasteiger charge is -2.11. The second kappa shape index (κ2) is 6.27. The summed E-state index contributed by atoms with van der Waals surface area (Å²) >= 11 is 0. The summed E-state index contributed by atoms with van der Waals surface area (Å²) in [4.78, 5) is 11.7. The average Bonchev–Trinajstić information content (AvgIpc) is 2.62. The molecule has 0 amide bonds. The first-order chi connectivity index (χ1) is 10.8.